The van der Waals surface area contributed by atoms with E-state index in [4.69, 9.17) is 9.88 Å². The molecule has 100 valence electrons. The minimum Gasteiger partial charge on any atom is -0.444 e. The number of rotatable bonds is 2. The summed E-state index contributed by atoms with van der Waals surface area (Å²) in [5.41, 5.74) is -0.578. The standard InChI is InChI=1S/C10H20N2O4S/c1-10(2,3)16-9(13)12-6-4-5-8(12)7-17(11,14)15/h8H,4-7H2,1-3H3,(H2,11,14,15)/t8-/m0/s1. The van der Waals surface area contributed by atoms with E-state index in [1.165, 1.54) is 4.90 Å². The molecule has 1 fully saturated rings. The molecule has 1 rings (SSSR count). The van der Waals surface area contributed by atoms with Gasteiger partial charge in [0.2, 0.25) is 10.0 Å². The maximum atomic E-state index is 11.8. The monoisotopic (exact) mass is 264 g/mol. The van der Waals surface area contributed by atoms with Crippen molar-refractivity contribution in [1.29, 1.82) is 0 Å². The highest BCUT2D eigenvalue weighted by Crippen LogP contribution is 2.21. The molecule has 2 N–H and O–H groups in total. The Morgan fingerprint density at radius 1 is 1.47 bits per heavy atom. The van der Waals surface area contributed by atoms with Gasteiger partial charge >= 0.3 is 6.09 Å². The number of hydrogen-bond acceptors (Lipinski definition) is 4. The van der Waals surface area contributed by atoms with Crippen LogP contribution in [0.25, 0.3) is 0 Å². The molecule has 0 bridgehead atoms. The van der Waals surface area contributed by atoms with Gasteiger partial charge < -0.3 is 9.64 Å². The Bertz CT molecular complexity index is 386. The third kappa shape index (κ3) is 4.91. The number of nitrogens with two attached hydrogens (primary N) is 1. The minimum absolute atomic E-state index is 0.202. The third-order valence-corrected chi connectivity index (χ3v) is 3.28. The van der Waals surface area contributed by atoms with Crippen LogP contribution >= 0.6 is 0 Å². The molecule has 1 heterocycles. The smallest absolute Gasteiger partial charge is 0.410 e. The summed E-state index contributed by atoms with van der Waals surface area (Å²) in [4.78, 5) is 13.3. The summed E-state index contributed by atoms with van der Waals surface area (Å²) in [5, 5.41) is 5.00. The number of nitrogens with zero attached hydrogens (tertiary/aromatic N) is 1. The molecule has 0 aromatic rings. The van der Waals surface area contributed by atoms with E-state index in [9.17, 15) is 13.2 Å². The average molecular weight is 264 g/mol. The fourth-order valence-electron chi connectivity index (χ4n) is 1.84. The van der Waals surface area contributed by atoms with Gasteiger partial charge in [-0.2, -0.15) is 0 Å². The maximum absolute atomic E-state index is 11.8. The number of primary sulfonamides is 1. The van der Waals surface area contributed by atoms with Crippen LogP contribution in [0.2, 0.25) is 0 Å². The Hall–Kier alpha value is -0.820. The van der Waals surface area contributed by atoms with Crippen LogP contribution in [-0.4, -0.2) is 43.4 Å². The van der Waals surface area contributed by atoms with Crippen LogP contribution in [-0.2, 0) is 14.8 Å². The third-order valence-electron chi connectivity index (χ3n) is 2.43. The van der Waals surface area contributed by atoms with E-state index < -0.39 is 21.7 Å². The predicted octanol–water partition coefficient (Wildman–Crippen LogP) is 0.674. The van der Waals surface area contributed by atoms with Crippen molar-refractivity contribution in [3.63, 3.8) is 0 Å². The van der Waals surface area contributed by atoms with Crippen LogP contribution in [0.1, 0.15) is 33.6 Å². The summed E-state index contributed by atoms with van der Waals surface area (Å²) in [6.45, 7) is 5.84. The lowest BCUT2D eigenvalue weighted by atomic mass is 10.2. The summed E-state index contributed by atoms with van der Waals surface area (Å²) in [6.07, 6.45) is 0.957. The predicted molar refractivity (Wildman–Crippen MR) is 63.9 cm³/mol. The molecule has 0 aromatic heterocycles. The summed E-state index contributed by atoms with van der Waals surface area (Å²) in [7, 11) is -3.57. The Balaban J connectivity index is 2.66. The lowest BCUT2D eigenvalue weighted by Gasteiger charge is -2.28. The van der Waals surface area contributed by atoms with Crippen molar-refractivity contribution in [2.45, 2.75) is 45.3 Å². The van der Waals surface area contributed by atoms with Gasteiger partial charge in [0.15, 0.2) is 0 Å². The van der Waals surface area contributed by atoms with E-state index in [-0.39, 0.29) is 11.8 Å². The average Bonchev–Trinajstić information content (AvgIpc) is 2.45. The number of ether oxygens (including phenoxy) is 1. The van der Waals surface area contributed by atoms with E-state index in [0.29, 0.717) is 13.0 Å². The van der Waals surface area contributed by atoms with Gasteiger partial charge in [0.1, 0.15) is 5.60 Å². The molecule has 1 amide bonds. The second kappa shape index (κ2) is 4.81. The Morgan fingerprint density at radius 2 is 2.06 bits per heavy atom. The van der Waals surface area contributed by atoms with Gasteiger partial charge in [0.25, 0.3) is 0 Å². The van der Waals surface area contributed by atoms with Crippen molar-refractivity contribution in [2.75, 3.05) is 12.3 Å². The zero-order chi connectivity index (χ0) is 13.3. The molecule has 0 saturated carbocycles. The molecule has 1 saturated heterocycles. The van der Waals surface area contributed by atoms with Crippen molar-refractivity contribution in [1.82, 2.24) is 4.90 Å². The summed E-state index contributed by atoms with van der Waals surface area (Å²) in [5.74, 6) is -0.202. The van der Waals surface area contributed by atoms with Crippen molar-refractivity contribution < 1.29 is 17.9 Å². The summed E-state index contributed by atoms with van der Waals surface area (Å²) in [6, 6.07) is -0.361. The van der Waals surface area contributed by atoms with E-state index >= 15 is 0 Å². The van der Waals surface area contributed by atoms with Gasteiger partial charge in [-0.15, -0.1) is 0 Å². The molecular formula is C10H20N2O4S. The SMILES string of the molecule is CC(C)(C)OC(=O)N1CCC[C@H]1CS(N)(=O)=O. The normalized spacial score (nSPS) is 21.6. The lowest BCUT2D eigenvalue weighted by Crippen LogP contribution is -2.43. The van der Waals surface area contributed by atoms with Crippen molar-refractivity contribution in [3.05, 3.63) is 0 Å². The molecule has 17 heavy (non-hydrogen) atoms. The van der Waals surface area contributed by atoms with E-state index in [1.54, 1.807) is 20.8 Å². The van der Waals surface area contributed by atoms with Gasteiger partial charge in [0, 0.05) is 6.54 Å². The van der Waals surface area contributed by atoms with Crippen LogP contribution in [0.3, 0.4) is 0 Å². The van der Waals surface area contributed by atoms with Gasteiger partial charge in [-0.25, -0.2) is 18.4 Å². The minimum atomic E-state index is -3.57. The first-order valence-corrected chi connectivity index (χ1v) is 7.30. The summed E-state index contributed by atoms with van der Waals surface area (Å²) < 4.78 is 27.3. The topological polar surface area (TPSA) is 89.7 Å². The molecule has 1 aliphatic rings. The van der Waals surface area contributed by atoms with Crippen LogP contribution in [0.4, 0.5) is 4.79 Å². The van der Waals surface area contributed by atoms with Crippen LogP contribution in [0.15, 0.2) is 0 Å². The zero-order valence-corrected chi connectivity index (χ0v) is 11.3. The molecule has 0 spiro atoms. The fraction of sp³-hybridized carbons (Fsp3) is 0.900. The van der Waals surface area contributed by atoms with Crippen LogP contribution in [0.5, 0.6) is 0 Å². The number of likely N-dealkylation sites (tertiary alicyclic amines) is 1. The second-order valence-electron chi connectivity index (χ2n) is 5.30. The highest BCUT2D eigenvalue weighted by atomic mass is 32.2. The highest BCUT2D eigenvalue weighted by molar-refractivity contribution is 7.89. The first-order valence-electron chi connectivity index (χ1n) is 5.58. The number of sulfonamides is 1. The summed E-state index contributed by atoms with van der Waals surface area (Å²) >= 11 is 0. The van der Waals surface area contributed by atoms with E-state index in [2.05, 4.69) is 0 Å². The quantitative estimate of drug-likeness (QED) is 0.794. The molecule has 6 nitrogen and oxygen atoms in total. The van der Waals surface area contributed by atoms with Crippen molar-refractivity contribution in [2.24, 2.45) is 5.14 Å². The molecule has 7 heteroatoms. The Morgan fingerprint density at radius 3 is 2.53 bits per heavy atom. The van der Waals surface area contributed by atoms with E-state index in [0.717, 1.165) is 6.42 Å². The molecular weight excluding hydrogens is 244 g/mol. The molecule has 1 atom stereocenters. The fourth-order valence-corrected chi connectivity index (χ4v) is 2.72. The first-order chi connectivity index (χ1) is 7.58. The molecule has 0 aliphatic carbocycles. The molecule has 0 radical (unpaired) electrons. The first kappa shape index (κ1) is 14.2. The van der Waals surface area contributed by atoms with Gasteiger partial charge in [0.05, 0.1) is 11.8 Å². The second-order valence-corrected chi connectivity index (χ2v) is 6.96. The Kier molecular flexibility index (Phi) is 4.03. The van der Waals surface area contributed by atoms with E-state index in [1.807, 2.05) is 0 Å². The Labute approximate surface area is 102 Å². The van der Waals surface area contributed by atoms with Crippen molar-refractivity contribution >= 4 is 16.1 Å². The number of carbonyl (C=O) groups excluding carboxylic acids is 1. The van der Waals surface area contributed by atoms with Crippen LogP contribution in [0, 0.1) is 0 Å². The van der Waals surface area contributed by atoms with Crippen LogP contribution < -0.4 is 5.14 Å². The molecule has 1 aliphatic heterocycles. The lowest BCUT2D eigenvalue weighted by molar-refractivity contribution is 0.0241. The number of hydrogen-bond donors (Lipinski definition) is 1. The largest absolute Gasteiger partial charge is 0.444 e. The zero-order valence-electron chi connectivity index (χ0n) is 10.5. The maximum Gasteiger partial charge on any atom is 0.410 e. The highest BCUT2D eigenvalue weighted by Gasteiger charge is 2.34. The molecule has 0 unspecified atom stereocenters. The van der Waals surface area contributed by atoms with Gasteiger partial charge in [-0.3, -0.25) is 0 Å². The van der Waals surface area contributed by atoms with Crippen molar-refractivity contribution in [3.8, 4) is 0 Å². The number of carbonyl (C=O) groups is 1. The van der Waals surface area contributed by atoms with Gasteiger partial charge in [-0.1, -0.05) is 0 Å². The van der Waals surface area contributed by atoms with Gasteiger partial charge in [-0.05, 0) is 33.6 Å². The molecule has 0 aromatic carbocycles. The number of amides is 1.